The fourth-order valence-corrected chi connectivity index (χ4v) is 1.69. The fraction of sp³-hybridized carbons (Fsp3) is 0.375. The minimum Gasteiger partial charge on any atom is -0.484 e. The first kappa shape index (κ1) is 16.8. The van der Waals surface area contributed by atoms with Crippen molar-refractivity contribution in [2.24, 2.45) is 0 Å². The number of amides is 1. The van der Waals surface area contributed by atoms with Crippen LogP contribution in [0.25, 0.3) is 0 Å². The minimum atomic E-state index is -0.316. The zero-order valence-corrected chi connectivity index (χ0v) is 12.3. The molecule has 0 aliphatic heterocycles. The minimum absolute atomic E-state index is 0.0688. The number of ether oxygens (including phenoxy) is 2. The van der Waals surface area contributed by atoms with E-state index in [-0.39, 0.29) is 24.9 Å². The van der Waals surface area contributed by atoms with Gasteiger partial charge >= 0.3 is 5.97 Å². The molecular formula is C16H21NO4. The molecule has 0 saturated heterocycles. The molecule has 114 valence electrons. The molecule has 1 aromatic rings. The van der Waals surface area contributed by atoms with E-state index >= 15 is 0 Å². The average molecular weight is 291 g/mol. The molecule has 5 heteroatoms. The quantitative estimate of drug-likeness (QED) is 0.516. The maximum atomic E-state index is 12.1. The van der Waals surface area contributed by atoms with Crippen LogP contribution in [0.3, 0.4) is 0 Å². The van der Waals surface area contributed by atoms with Crippen molar-refractivity contribution in [2.75, 3.05) is 26.3 Å². The maximum absolute atomic E-state index is 12.1. The first-order valence-corrected chi connectivity index (χ1v) is 6.89. The van der Waals surface area contributed by atoms with Crippen LogP contribution < -0.4 is 4.74 Å². The van der Waals surface area contributed by atoms with Crippen LogP contribution in [-0.4, -0.2) is 43.1 Å². The second kappa shape index (κ2) is 9.58. The summed E-state index contributed by atoms with van der Waals surface area (Å²) >= 11 is 0. The maximum Gasteiger partial charge on any atom is 0.307 e. The van der Waals surface area contributed by atoms with Gasteiger partial charge in [0.1, 0.15) is 5.75 Å². The SMILES string of the molecule is C=CCN(CCC(=O)OCC)C(=O)COc1ccccc1. The lowest BCUT2D eigenvalue weighted by molar-refractivity contribution is -0.144. The zero-order valence-electron chi connectivity index (χ0n) is 12.3. The van der Waals surface area contributed by atoms with Gasteiger partial charge in [-0.15, -0.1) is 6.58 Å². The van der Waals surface area contributed by atoms with Gasteiger partial charge < -0.3 is 14.4 Å². The Hall–Kier alpha value is -2.30. The number of carbonyl (C=O) groups is 2. The lowest BCUT2D eigenvalue weighted by Gasteiger charge is -2.20. The molecule has 0 bridgehead atoms. The monoisotopic (exact) mass is 291 g/mol. The lowest BCUT2D eigenvalue weighted by atomic mass is 10.3. The van der Waals surface area contributed by atoms with Gasteiger partial charge in [0.25, 0.3) is 5.91 Å². The van der Waals surface area contributed by atoms with Gasteiger partial charge in [0.2, 0.25) is 0 Å². The molecule has 21 heavy (non-hydrogen) atoms. The smallest absolute Gasteiger partial charge is 0.307 e. The lowest BCUT2D eigenvalue weighted by Crippen LogP contribution is -2.36. The van der Waals surface area contributed by atoms with Crippen LogP contribution in [-0.2, 0) is 14.3 Å². The predicted molar refractivity (Wildman–Crippen MR) is 80.0 cm³/mol. The van der Waals surface area contributed by atoms with E-state index in [0.717, 1.165) is 0 Å². The molecule has 0 N–H and O–H groups in total. The van der Waals surface area contributed by atoms with Crippen LogP contribution in [0, 0.1) is 0 Å². The first-order valence-electron chi connectivity index (χ1n) is 6.89. The number of benzene rings is 1. The van der Waals surface area contributed by atoms with Gasteiger partial charge in [-0.25, -0.2) is 0 Å². The third-order valence-electron chi connectivity index (χ3n) is 2.70. The van der Waals surface area contributed by atoms with Gasteiger partial charge in [0.15, 0.2) is 6.61 Å². The van der Waals surface area contributed by atoms with Crippen LogP contribution >= 0.6 is 0 Å². The fourth-order valence-electron chi connectivity index (χ4n) is 1.69. The van der Waals surface area contributed by atoms with Crippen molar-refractivity contribution in [1.29, 1.82) is 0 Å². The number of carbonyl (C=O) groups excluding carboxylic acids is 2. The standard InChI is InChI=1S/C16H21NO4/c1-3-11-17(12-10-16(19)20-4-2)15(18)13-21-14-8-6-5-7-9-14/h3,5-9H,1,4,10-13H2,2H3. The second-order valence-electron chi connectivity index (χ2n) is 4.29. The molecular weight excluding hydrogens is 270 g/mol. The van der Waals surface area contributed by atoms with Gasteiger partial charge in [-0.05, 0) is 19.1 Å². The Balaban J connectivity index is 2.45. The third-order valence-corrected chi connectivity index (χ3v) is 2.70. The highest BCUT2D eigenvalue weighted by Crippen LogP contribution is 2.08. The highest BCUT2D eigenvalue weighted by molar-refractivity contribution is 5.78. The Bertz CT molecular complexity index is 459. The van der Waals surface area contributed by atoms with Crippen molar-refractivity contribution in [2.45, 2.75) is 13.3 Å². The van der Waals surface area contributed by atoms with Crippen molar-refractivity contribution in [1.82, 2.24) is 4.90 Å². The molecule has 0 aliphatic carbocycles. The first-order chi connectivity index (χ1) is 10.2. The third kappa shape index (κ3) is 6.61. The summed E-state index contributed by atoms with van der Waals surface area (Å²) in [6, 6.07) is 9.11. The predicted octanol–water partition coefficient (Wildman–Crippen LogP) is 2.03. The Morgan fingerprint density at radius 2 is 2.00 bits per heavy atom. The van der Waals surface area contributed by atoms with Gasteiger partial charge in [0.05, 0.1) is 13.0 Å². The molecule has 1 aromatic carbocycles. The molecule has 5 nitrogen and oxygen atoms in total. The summed E-state index contributed by atoms with van der Waals surface area (Å²) < 4.78 is 10.3. The largest absolute Gasteiger partial charge is 0.484 e. The van der Waals surface area contributed by atoms with Crippen molar-refractivity contribution < 1.29 is 19.1 Å². The van der Waals surface area contributed by atoms with Crippen LogP contribution in [0.5, 0.6) is 5.75 Å². The number of hydrogen-bond acceptors (Lipinski definition) is 4. The topological polar surface area (TPSA) is 55.8 Å². The summed E-state index contributed by atoms with van der Waals surface area (Å²) in [4.78, 5) is 24.9. The molecule has 0 saturated carbocycles. The number of rotatable bonds is 9. The molecule has 0 fully saturated rings. The van der Waals surface area contributed by atoms with Crippen LogP contribution in [0.2, 0.25) is 0 Å². The summed E-state index contributed by atoms with van der Waals surface area (Å²) in [7, 11) is 0. The molecule has 1 rings (SSSR count). The van der Waals surface area contributed by atoms with E-state index < -0.39 is 0 Å². The van der Waals surface area contributed by atoms with Crippen molar-refractivity contribution in [3.05, 3.63) is 43.0 Å². The highest BCUT2D eigenvalue weighted by atomic mass is 16.5. The summed E-state index contributed by atoms with van der Waals surface area (Å²) in [5.41, 5.74) is 0. The molecule has 0 aromatic heterocycles. The second-order valence-corrected chi connectivity index (χ2v) is 4.29. The number of nitrogens with zero attached hydrogens (tertiary/aromatic N) is 1. The van der Waals surface area contributed by atoms with E-state index in [9.17, 15) is 9.59 Å². The Labute approximate surface area is 125 Å². The molecule has 0 heterocycles. The molecule has 0 spiro atoms. The number of esters is 1. The van der Waals surface area contributed by atoms with E-state index in [0.29, 0.717) is 25.4 Å². The van der Waals surface area contributed by atoms with Crippen molar-refractivity contribution in [3.63, 3.8) is 0 Å². The van der Waals surface area contributed by atoms with E-state index in [2.05, 4.69) is 6.58 Å². The number of para-hydroxylation sites is 1. The summed E-state index contributed by atoms with van der Waals surface area (Å²) in [5.74, 6) is 0.126. The number of hydrogen-bond donors (Lipinski definition) is 0. The van der Waals surface area contributed by atoms with Crippen LogP contribution in [0.1, 0.15) is 13.3 Å². The molecule has 0 unspecified atom stereocenters. The van der Waals surface area contributed by atoms with Gasteiger partial charge in [-0.3, -0.25) is 9.59 Å². The molecule has 1 amide bonds. The van der Waals surface area contributed by atoms with Crippen molar-refractivity contribution >= 4 is 11.9 Å². The Morgan fingerprint density at radius 3 is 2.62 bits per heavy atom. The molecule has 0 atom stereocenters. The zero-order chi connectivity index (χ0) is 15.5. The van der Waals surface area contributed by atoms with E-state index in [4.69, 9.17) is 9.47 Å². The van der Waals surface area contributed by atoms with Crippen LogP contribution in [0.4, 0.5) is 0 Å². The van der Waals surface area contributed by atoms with E-state index in [1.807, 2.05) is 18.2 Å². The summed E-state index contributed by atoms with van der Waals surface area (Å²) in [6.07, 6.45) is 1.78. The van der Waals surface area contributed by atoms with Crippen LogP contribution in [0.15, 0.2) is 43.0 Å². The highest BCUT2D eigenvalue weighted by Gasteiger charge is 2.14. The Morgan fingerprint density at radius 1 is 1.29 bits per heavy atom. The van der Waals surface area contributed by atoms with E-state index in [1.165, 1.54) is 4.90 Å². The molecule has 0 aliphatic rings. The van der Waals surface area contributed by atoms with Gasteiger partial charge in [-0.2, -0.15) is 0 Å². The summed E-state index contributed by atoms with van der Waals surface area (Å²) in [5, 5.41) is 0. The van der Waals surface area contributed by atoms with Gasteiger partial charge in [-0.1, -0.05) is 24.3 Å². The Kier molecular flexibility index (Phi) is 7.64. The summed E-state index contributed by atoms with van der Waals surface area (Å²) in [6.45, 7) is 6.30. The normalized spacial score (nSPS) is 9.76. The average Bonchev–Trinajstić information content (AvgIpc) is 2.50. The van der Waals surface area contributed by atoms with Gasteiger partial charge in [0, 0.05) is 13.1 Å². The van der Waals surface area contributed by atoms with E-state index in [1.54, 1.807) is 25.1 Å². The molecule has 0 radical (unpaired) electrons. The van der Waals surface area contributed by atoms with Crippen molar-refractivity contribution in [3.8, 4) is 5.75 Å².